The number of rotatable bonds is 6. The molecule has 0 spiro atoms. The number of benzene rings is 3. The Morgan fingerprint density at radius 1 is 0.933 bits per heavy atom. The van der Waals surface area contributed by atoms with E-state index in [0.717, 1.165) is 48.3 Å². The highest BCUT2D eigenvalue weighted by molar-refractivity contribution is 9.10. The maximum atomic E-state index is 12.5. The van der Waals surface area contributed by atoms with Gasteiger partial charge in [-0.25, -0.2) is 0 Å². The molecule has 4 nitrogen and oxygen atoms in total. The molecule has 3 aromatic rings. The number of ether oxygens (including phenoxy) is 1. The van der Waals surface area contributed by atoms with Crippen LogP contribution in [-0.4, -0.2) is 19.1 Å². The Bertz CT molecular complexity index is 984. The van der Waals surface area contributed by atoms with Crippen molar-refractivity contribution in [2.75, 3.05) is 18.5 Å². The molecule has 0 aromatic heterocycles. The lowest BCUT2D eigenvalue weighted by Crippen LogP contribution is -2.46. The highest BCUT2D eigenvalue weighted by Crippen LogP contribution is 2.34. The van der Waals surface area contributed by atoms with Crippen molar-refractivity contribution in [3.05, 3.63) is 100 Å². The fourth-order valence-electron chi connectivity index (χ4n) is 3.84. The highest BCUT2D eigenvalue weighted by atomic mass is 79.9. The van der Waals surface area contributed by atoms with E-state index < -0.39 is 0 Å². The lowest BCUT2D eigenvalue weighted by Gasteiger charge is -2.39. The van der Waals surface area contributed by atoms with E-state index in [1.165, 1.54) is 5.56 Å². The lowest BCUT2D eigenvalue weighted by molar-refractivity contribution is 0.0357. The van der Waals surface area contributed by atoms with Crippen molar-refractivity contribution in [1.29, 1.82) is 0 Å². The van der Waals surface area contributed by atoms with E-state index in [4.69, 9.17) is 4.74 Å². The molecule has 154 valence electrons. The van der Waals surface area contributed by atoms with Crippen LogP contribution in [0.4, 0.5) is 5.69 Å². The van der Waals surface area contributed by atoms with E-state index in [9.17, 15) is 4.79 Å². The van der Waals surface area contributed by atoms with Crippen LogP contribution in [0, 0.1) is 0 Å². The fourth-order valence-corrected chi connectivity index (χ4v) is 4.24. The molecule has 0 atom stereocenters. The van der Waals surface area contributed by atoms with Gasteiger partial charge in [0.05, 0.1) is 0 Å². The third kappa shape index (κ3) is 4.98. The molecule has 30 heavy (non-hydrogen) atoms. The van der Waals surface area contributed by atoms with Gasteiger partial charge in [-0.2, -0.15) is 0 Å². The van der Waals surface area contributed by atoms with Gasteiger partial charge in [0, 0.05) is 41.0 Å². The summed E-state index contributed by atoms with van der Waals surface area (Å²) >= 11 is 3.60. The summed E-state index contributed by atoms with van der Waals surface area (Å²) in [6, 6.07) is 25.8. The molecule has 4 rings (SSSR count). The third-order valence-corrected chi connectivity index (χ3v) is 6.10. The number of hydrogen-bond acceptors (Lipinski definition) is 3. The highest BCUT2D eigenvalue weighted by Gasteiger charge is 2.34. The van der Waals surface area contributed by atoms with E-state index in [1.54, 1.807) is 0 Å². The Morgan fingerprint density at radius 2 is 1.67 bits per heavy atom. The summed E-state index contributed by atoms with van der Waals surface area (Å²) in [5.41, 5.74) is 3.76. The first-order chi connectivity index (χ1) is 14.6. The van der Waals surface area contributed by atoms with Gasteiger partial charge < -0.3 is 15.4 Å². The van der Waals surface area contributed by atoms with Gasteiger partial charge in [0.2, 0.25) is 0 Å². The standard InChI is InChI=1S/C25H25BrN2O2/c26-22-6-4-5-21(17-22)25(13-15-30-16-14-25)27-18-19-9-11-20(12-10-19)24(29)28-23-7-2-1-3-8-23/h1-12,17,27H,13-16,18H2,(H,28,29). The van der Waals surface area contributed by atoms with Crippen LogP contribution >= 0.6 is 15.9 Å². The molecule has 3 aromatic carbocycles. The van der Waals surface area contributed by atoms with Gasteiger partial charge in [0.1, 0.15) is 0 Å². The number of halogens is 1. The van der Waals surface area contributed by atoms with Crippen LogP contribution < -0.4 is 10.6 Å². The molecule has 5 heteroatoms. The summed E-state index contributed by atoms with van der Waals surface area (Å²) in [5, 5.41) is 6.70. The van der Waals surface area contributed by atoms with Crippen LogP contribution in [0.5, 0.6) is 0 Å². The molecule has 1 aliphatic heterocycles. The van der Waals surface area contributed by atoms with E-state index in [-0.39, 0.29) is 11.4 Å². The first kappa shape index (κ1) is 20.8. The van der Waals surface area contributed by atoms with Crippen molar-refractivity contribution in [1.82, 2.24) is 5.32 Å². The minimum absolute atomic E-state index is 0.101. The number of anilines is 1. The molecular formula is C25H25BrN2O2. The summed E-state index contributed by atoms with van der Waals surface area (Å²) in [6.07, 6.45) is 1.86. The van der Waals surface area contributed by atoms with Crippen molar-refractivity contribution in [2.24, 2.45) is 0 Å². The zero-order valence-electron chi connectivity index (χ0n) is 16.7. The van der Waals surface area contributed by atoms with Gasteiger partial charge in [-0.15, -0.1) is 0 Å². The van der Waals surface area contributed by atoms with Crippen molar-refractivity contribution in [2.45, 2.75) is 24.9 Å². The molecule has 2 N–H and O–H groups in total. The summed E-state index contributed by atoms with van der Waals surface area (Å²) in [6.45, 7) is 2.23. The zero-order valence-corrected chi connectivity index (χ0v) is 18.3. The molecule has 1 aliphatic rings. The monoisotopic (exact) mass is 464 g/mol. The van der Waals surface area contributed by atoms with Gasteiger partial charge >= 0.3 is 0 Å². The lowest BCUT2D eigenvalue weighted by atomic mass is 9.82. The minimum atomic E-state index is -0.106. The quantitative estimate of drug-likeness (QED) is 0.506. The van der Waals surface area contributed by atoms with E-state index in [1.807, 2.05) is 54.6 Å². The van der Waals surface area contributed by atoms with Gasteiger partial charge in [-0.1, -0.05) is 58.4 Å². The van der Waals surface area contributed by atoms with Gasteiger partial charge in [-0.3, -0.25) is 4.79 Å². The van der Waals surface area contributed by atoms with Crippen LogP contribution in [0.1, 0.15) is 34.3 Å². The minimum Gasteiger partial charge on any atom is -0.381 e. The maximum absolute atomic E-state index is 12.5. The summed E-state index contributed by atoms with van der Waals surface area (Å²) in [7, 11) is 0. The Labute approximate surface area is 185 Å². The average Bonchev–Trinajstić information content (AvgIpc) is 2.79. The van der Waals surface area contributed by atoms with Crippen molar-refractivity contribution in [3.63, 3.8) is 0 Å². The molecule has 1 fully saturated rings. The predicted octanol–water partition coefficient (Wildman–Crippen LogP) is 5.50. The number of amides is 1. The Morgan fingerprint density at radius 3 is 2.37 bits per heavy atom. The number of para-hydroxylation sites is 1. The van der Waals surface area contributed by atoms with Crippen LogP contribution in [-0.2, 0) is 16.8 Å². The Kier molecular flexibility index (Phi) is 6.62. The van der Waals surface area contributed by atoms with Crippen LogP contribution in [0.3, 0.4) is 0 Å². The van der Waals surface area contributed by atoms with Gasteiger partial charge in [0.25, 0.3) is 5.91 Å². The summed E-state index contributed by atoms with van der Waals surface area (Å²) in [4.78, 5) is 12.5. The second-order valence-corrected chi connectivity index (χ2v) is 8.49. The van der Waals surface area contributed by atoms with E-state index in [0.29, 0.717) is 5.56 Å². The number of carbonyl (C=O) groups excluding carboxylic acids is 1. The number of carbonyl (C=O) groups is 1. The van der Waals surface area contributed by atoms with Crippen molar-refractivity contribution >= 4 is 27.5 Å². The second kappa shape index (κ2) is 9.56. The third-order valence-electron chi connectivity index (χ3n) is 5.60. The Balaban J connectivity index is 1.44. The van der Waals surface area contributed by atoms with Crippen LogP contribution in [0.2, 0.25) is 0 Å². The van der Waals surface area contributed by atoms with E-state index in [2.05, 4.69) is 50.8 Å². The molecule has 0 saturated carbocycles. The number of nitrogens with one attached hydrogen (secondary N) is 2. The molecule has 0 unspecified atom stereocenters. The maximum Gasteiger partial charge on any atom is 0.255 e. The van der Waals surface area contributed by atoms with Gasteiger partial charge in [0.15, 0.2) is 0 Å². The van der Waals surface area contributed by atoms with Gasteiger partial charge in [-0.05, 0) is 60.4 Å². The molecule has 0 bridgehead atoms. The predicted molar refractivity (Wildman–Crippen MR) is 124 cm³/mol. The Hall–Kier alpha value is -2.47. The van der Waals surface area contributed by atoms with Crippen LogP contribution in [0.15, 0.2) is 83.3 Å². The molecule has 0 radical (unpaired) electrons. The molecule has 0 aliphatic carbocycles. The average molecular weight is 465 g/mol. The zero-order chi connectivity index (χ0) is 20.8. The second-order valence-electron chi connectivity index (χ2n) is 7.58. The van der Waals surface area contributed by atoms with E-state index >= 15 is 0 Å². The first-order valence-electron chi connectivity index (χ1n) is 10.2. The molecule has 1 amide bonds. The normalized spacial score (nSPS) is 15.5. The fraction of sp³-hybridized carbons (Fsp3) is 0.240. The number of hydrogen-bond donors (Lipinski definition) is 2. The molecular weight excluding hydrogens is 440 g/mol. The summed E-state index contributed by atoms with van der Waals surface area (Å²) < 4.78 is 6.71. The first-order valence-corrected chi connectivity index (χ1v) is 11.0. The smallest absolute Gasteiger partial charge is 0.255 e. The van der Waals surface area contributed by atoms with Crippen LogP contribution in [0.25, 0.3) is 0 Å². The topological polar surface area (TPSA) is 50.4 Å². The summed E-state index contributed by atoms with van der Waals surface area (Å²) in [5.74, 6) is -0.101. The molecule has 1 heterocycles. The largest absolute Gasteiger partial charge is 0.381 e. The SMILES string of the molecule is O=C(Nc1ccccc1)c1ccc(CNC2(c3cccc(Br)c3)CCOCC2)cc1. The van der Waals surface area contributed by atoms with Crippen molar-refractivity contribution < 1.29 is 9.53 Å². The van der Waals surface area contributed by atoms with Crippen molar-refractivity contribution in [3.8, 4) is 0 Å². The molecule has 1 saturated heterocycles.